The molecule has 0 radical (unpaired) electrons. The zero-order valence-corrected chi connectivity index (χ0v) is 11.9. The number of hydrogen-bond acceptors (Lipinski definition) is 4. The fraction of sp³-hybridized carbons (Fsp3) is 0.0714. The van der Waals surface area contributed by atoms with Crippen molar-refractivity contribution in [1.29, 1.82) is 5.26 Å². The van der Waals surface area contributed by atoms with E-state index in [1.54, 1.807) is 6.92 Å². The van der Waals surface area contributed by atoms with Gasteiger partial charge in [-0.25, -0.2) is 12.8 Å². The van der Waals surface area contributed by atoms with E-state index in [0.29, 0.717) is 11.1 Å². The molecule has 5 nitrogen and oxygen atoms in total. The third-order valence-electron chi connectivity index (χ3n) is 2.77. The maximum atomic E-state index is 13.2. The largest absolute Gasteiger partial charge is 0.399 e. The lowest BCUT2D eigenvalue weighted by molar-refractivity contribution is 0.600. The van der Waals surface area contributed by atoms with Crippen LogP contribution in [0.3, 0.4) is 0 Å². The van der Waals surface area contributed by atoms with Crippen LogP contribution in [0.1, 0.15) is 11.1 Å². The van der Waals surface area contributed by atoms with E-state index >= 15 is 0 Å². The second-order valence-electron chi connectivity index (χ2n) is 4.47. The second-order valence-corrected chi connectivity index (χ2v) is 6.12. The Morgan fingerprint density at radius 2 is 1.95 bits per heavy atom. The standard InChI is InChI=1S/C14H12FN3O2S/c1-9-4-10(8-16)2-3-14(9)21(19,20)18-13-6-11(15)5-12(17)7-13/h2-7,18H,17H2,1H3. The highest BCUT2D eigenvalue weighted by atomic mass is 32.2. The van der Waals surface area contributed by atoms with Gasteiger partial charge in [-0.1, -0.05) is 0 Å². The Morgan fingerprint density at radius 3 is 2.52 bits per heavy atom. The molecule has 0 saturated heterocycles. The molecule has 0 bridgehead atoms. The third kappa shape index (κ3) is 3.30. The van der Waals surface area contributed by atoms with Crippen molar-refractivity contribution >= 4 is 21.4 Å². The van der Waals surface area contributed by atoms with E-state index in [1.807, 2.05) is 6.07 Å². The Hall–Kier alpha value is -2.59. The molecular weight excluding hydrogens is 293 g/mol. The number of sulfonamides is 1. The quantitative estimate of drug-likeness (QED) is 0.851. The molecule has 0 aliphatic rings. The molecule has 0 saturated carbocycles. The SMILES string of the molecule is Cc1cc(C#N)ccc1S(=O)(=O)Nc1cc(N)cc(F)c1. The van der Waals surface area contributed by atoms with Crippen LogP contribution in [0.4, 0.5) is 15.8 Å². The lowest BCUT2D eigenvalue weighted by Crippen LogP contribution is -2.14. The van der Waals surface area contributed by atoms with Crippen molar-refractivity contribution in [1.82, 2.24) is 0 Å². The van der Waals surface area contributed by atoms with Crippen molar-refractivity contribution in [2.24, 2.45) is 0 Å². The molecule has 0 aliphatic heterocycles. The van der Waals surface area contributed by atoms with Gasteiger partial charge in [0.05, 0.1) is 22.2 Å². The summed E-state index contributed by atoms with van der Waals surface area (Å²) < 4.78 is 40.1. The molecule has 0 spiro atoms. The maximum absolute atomic E-state index is 13.2. The highest BCUT2D eigenvalue weighted by Gasteiger charge is 2.17. The topological polar surface area (TPSA) is 96.0 Å². The van der Waals surface area contributed by atoms with Crippen molar-refractivity contribution in [2.75, 3.05) is 10.5 Å². The molecule has 0 heterocycles. The fourth-order valence-electron chi connectivity index (χ4n) is 1.90. The Morgan fingerprint density at radius 1 is 1.24 bits per heavy atom. The van der Waals surface area contributed by atoms with Gasteiger partial charge in [-0.15, -0.1) is 0 Å². The summed E-state index contributed by atoms with van der Waals surface area (Å²) in [5.41, 5.74) is 6.41. The molecule has 2 aromatic carbocycles. The summed E-state index contributed by atoms with van der Waals surface area (Å²) in [5.74, 6) is -0.635. The van der Waals surface area contributed by atoms with Gasteiger partial charge in [0.25, 0.3) is 10.0 Å². The summed E-state index contributed by atoms with van der Waals surface area (Å²) in [6.45, 7) is 1.58. The monoisotopic (exact) mass is 305 g/mol. The van der Waals surface area contributed by atoms with Crippen LogP contribution in [0.25, 0.3) is 0 Å². The molecule has 2 rings (SSSR count). The molecule has 0 atom stereocenters. The minimum Gasteiger partial charge on any atom is -0.399 e. The first-order valence-corrected chi connectivity index (χ1v) is 7.40. The van der Waals surface area contributed by atoms with E-state index < -0.39 is 15.8 Å². The fourth-order valence-corrected chi connectivity index (χ4v) is 3.17. The molecule has 0 fully saturated rings. The molecule has 0 aromatic heterocycles. The maximum Gasteiger partial charge on any atom is 0.262 e. The highest BCUT2D eigenvalue weighted by molar-refractivity contribution is 7.92. The number of rotatable bonds is 3. The number of halogens is 1. The first-order chi connectivity index (χ1) is 9.81. The Labute approximate surface area is 121 Å². The van der Waals surface area contributed by atoms with Gasteiger partial charge in [0, 0.05) is 5.69 Å². The molecule has 0 amide bonds. The molecule has 3 N–H and O–H groups in total. The molecule has 2 aromatic rings. The second kappa shape index (κ2) is 5.42. The van der Waals surface area contributed by atoms with Gasteiger partial charge in [-0.2, -0.15) is 5.26 Å². The van der Waals surface area contributed by atoms with Crippen molar-refractivity contribution in [3.8, 4) is 6.07 Å². The lowest BCUT2D eigenvalue weighted by Gasteiger charge is -2.11. The van der Waals surface area contributed by atoms with Crippen LogP contribution in [-0.2, 0) is 10.0 Å². The minimum atomic E-state index is -3.88. The predicted molar refractivity (Wildman–Crippen MR) is 77.5 cm³/mol. The first-order valence-electron chi connectivity index (χ1n) is 5.91. The summed E-state index contributed by atoms with van der Waals surface area (Å²) in [4.78, 5) is 0.0179. The van der Waals surface area contributed by atoms with E-state index in [4.69, 9.17) is 11.0 Å². The zero-order valence-electron chi connectivity index (χ0n) is 11.1. The van der Waals surface area contributed by atoms with E-state index in [2.05, 4.69) is 4.72 Å². The van der Waals surface area contributed by atoms with E-state index in [0.717, 1.165) is 12.1 Å². The number of anilines is 2. The van der Waals surface area contributed by atoms with Gasteiger partial charge >= 0.3 is 0 Å². The van der Waals surface area contributed by atoms with Crippen molar-refractivity contribution in [3.63, 3.8) is 0 Å². The van der Waals surface area contributed by atoms with Gasteiger partial charge in [0.1, 0.15) is 5.82 Å². The van der Waals surface area contributed by atoms with E-state index in [1.165, 1.54) is 24.3 Å². The van der Waals surface area contributed by atoms with Gasteiger partial charge in [0.15, 0.2) is 0 Å². The minimum absolute atomic E-state index is 0.0179. The summed E-state index contributed by atoms with van der Waals surface area (Å²) in [7, 11) is -3.88. The molecule has 0 unspecified atom stereocenters. The molecule has 21 heavy (non-hydrogen) atoms. The summed E-state index contributed by atoms with van der Waals surface area (Å²) in [6, 6.07) is 9.57. The lowest BCUT2D eigenvalue weighted by atomic mass is 10.2. The zero-order chi connectivity index (χ0) is 15.6. The van der Waals surface area contributed by atoms with Crippen LogP contribution in [0.15, 0.2) is 41.3 Å². The smallest absolute Gasteiger partial charge is 0.262 e. The van der Waals surface area contributed by atoms with E-state index in [-0.39, 0.29) is 16.3 Å². The number of hydrogen-bond donors (Lipinski definition) is 2. The number of nitriles is 1. The summed E-state index contributed by atoms with van der Waals surface area (Å²) in [6.07, 6.45) is 0. The average Bonchev–Trinajstić information content (AvgIpc) is 2.36. The van der Waals surface area contributed by atoms with Crippen LogP contribution >= 0.6 is 0 Å². The number of aryl methyl sites for hydroxylation is 1. The van der Waals surface area contributed by atoms with Gasteiger partial charge in [-0.3, -0.25) is 4.72 Å². The van der Waals surface area contributed by atoms with Crippen LogP contribution in [0.2, 0.25) is 0 Å². The Bertz CT molecular complexity index is 822. The summed E-state index contributed by atoms with van der Waals surface area (Å²) in [5, 5.41) is 8.78. The number of nitrogens with zero attached hydrogens (tertiary/aromatic N) is 1. The van der Waals surface area contributed by atoms with Crippen LogP contribution < -0.4 is 10.5 Å². The van der Waals surface area contributed by atoms with Gasteiger partial charge < -0.3 is 5.73 Å². The van der Waals surface area contributed by atoms with Gasteiger partial charge in [-0.05, 0) is 48.9 Å². The number of benzene rings is 2. The summed E-state index contributed by atoms with van der Waals surface area (Å²) >= 11 is 0. The first kappa shape index (κ1) is 14.8. The van der Waals surface area contributed by atoms with Gasteiger partial charge in [0.2, 0.25) is 0 Å². The number of nitrogens with two attached hydrogens (primary N) is 1. The van der Waals surface area contributed by atoms with E-state index in [9.17, 15) is 12.8 Å². The number of nitrogens with one attached hydrogen (secondary N) is 1. The van der Waals surface area contributed by atoms with Crippen molar-refractivity contribution in [3.05, 3.63) is 53.3 Å². The molecule has 0 aliphatic carbocycles. The Balaban J connectivity index is 2.41. The molecule has 108 valence electrons. The average molecular weight is 305 g/mol. The highest BCUT2D eigenvalue weighted by Crippen LogP contribution is 2.22. The molecule has 7 heteroatoms. The third-order valence-corrected chi connectivity index (χ3v) is 4.31. The Kier molecular flexibility index (Phi) is 3.82. The van der Waals surface area contributed by atoms with Crippen LogP contribution in [0.5, 0.6) is 0 Å². The van der Waals surface area contributed by atoms with Crippen LogP contribution in [0, 0.1) is 24.1 Å². The van der Waals surface area contributed by atoms with Crippen molar-refractivity contribution in [2.45, 2.75) is 11.8 Å². The van der Waals surface area contributed by atoms with Crippen LogP contribution in [-0.4, -0.2) is 8.42 Å². The molecular formula is C14H12FN3O2S. The normalized spacial score (nSPS) is 10.9. The number of nitrogen functional groups attached to an aromatic ring is 1. The van der Waals surface area contributed by atoms with Crippen molar-refractivity contribution < 1.29 is 12.8 Å². The predicted octanol–water partition coefficient (Wildman–Crippen LogP) is 2.39.